The van der Waals surface area contributed by atoms with Gasteiger partial charge in [0.2, 0.25) is 0 Å². The largest absolute Gasteiger partial charge is 0.380 e. The number of hydrogen-bond acceptors (Lipinski definition) is 3. The number of methoxy groups -OCH3 is 1. The zero-order chi connectivity index (χ0) is 19.6. The highest BCUT2D eigenvalue weighted by Gasteiger charge is 2.21. The monoisotopic (exact) mass is 514 g/mol. The van der Waals surface area contributed by atoms with E-state index in [-0.39, 0.29) is 49.0 Å². The van der Waals surface area contributed by atoms with Crippen LogP contribution in [0.15, 0.2) is 23.2 Å². The Kier molecular flexibility index (Phi) is 11.8. The molecule has 0 amide bonds. The van der Waals surface area contributed by atoms with Crippen molar-refractivity contribution in [2.75, 3.05) is 33.3 Å². The summed E-state index contributed by atoms with van der Waals surface area (Å²) < 4.78 is 43.7. The summed E-state index contributed by atoms with van der Waals surface area (Å²) in [5, 5.41) is 6.58. The molecule has 1 saturated heterocycles. The van der Waals surface area contributed by atoms with Crippen molar-refractivity contribution in [2.24, 2.45) is 4.99 Å². The maximum absolute atomic E-state index is 13.7. The van der Waals surface area contributed by atoms with Gasteiger partial charge in [-0.25, -0.2) is 18.2 Å². The van der Waals surface area contributed by atoms with Crippen molar-refractivity contribution >= 4 is 29.9 Å². The van der Waals surface area contributed by atoms with Crippen LogP contribution >= 0.6 is 24.0 Å². The van der Waals surface area contributed by atoms with Gasteiger partial charge in [0.05, 0.1) is 19.7 Å². The van der Waals surface area contributed by atoms with Gasteiger partial charge in [0.25, 0.3) is 6.43 Å². The van der Waals surface area contributed by atoms with Gasteiger partial charge in [0.15, 0.2) is 5.96 Å². The van der Waals surface area contributed by atoms with Crippen molar-refractivity contribution in [1.29, 1.82) is 0 Å². The number of benzene rings is 1. The van der Waals surface area contributed by atoms with E-state index in [9.17, 15) is 13.2 Å². The number of likely N-dealkylation sites (tertiary alicyclic amines) is 1. The minimum atomic E-state index is -2.29. The molecular formula is C19H30F3IN4O. The van der Waals surface area contributed by atoms with E-state index in [0.717, 1.165) is 18.4 Å². The molecule has 0 aliphatic carbocycles. The van der Waals surface area contributed by atoms with Crippen molar-refractivity contribution in [3.8, 4) is 0 Å². The first-order chi connectivity index (χ1) is 13.0. The smallest absolute Gasteiger partial charge is 0.251 e. The number of piperidine rings is 1. The molecule has 2 N–H and O–H groups in total. The minimum Gasteiger partial charge on any atom is -0.380 e. The number of aliphatic imine (C=N–C) groups is 1. The third-order valence-electron chi connectivity index (χ3n) is 4.50. The van der Waals surface area contributed by atoms with Crippen LogP contribution in [-0.2, 0) is 17.9 Å². The molecule has 0 aromatic heterocycles. The van der Waals surface area contributed by atoms with Crippen molar-refractivity contribution in [2.45, 2.75) is 45.4 Å². The Morgan fingerprint density at radius 2 is 2.04 bits per heavy atom. The SMILES string of the molecule is CCNC(=NCc1ccc(F)c(COC)c1)NC1CCN(CC(F)F)CC1.I. The number of halogens is 4. The summed E-state index contributed by atoms with van der Waals surface area (Å²) in [6.45, 7) is 4.48. The summed E-state index contributed by atoms with van der Waals surface area (Å²) in [5.74, 6) is 0.396. The molecule has 0 spiro atoms. The summed E-state index contributed by atoms with van der Waals surface area (Å²) >= 11 is 0. The Hall–Kier alpha value is -1.07. The van der Waals surface area contributed by atoms with Crippen molar-refractivity contribution in [3.63, 3.8) is 0 Å². The quantitative estimate of drug-likeness (QED) is 0.318. The Balaban J connectivity index is 0.00000392. The molecule has 1 aromatic carbocycles. The molecule has 1 aliphatic heterocycles. The van der Waals surface area contributed by atoms with Crippen LogP contribution in [0.25, 0.3) is 0 Å². The molecule has 9 heteroatoms. The van der Waals surface area contributed by atoms with E-state index >= 15 is 0 Å². The first-order valence-corrected chi connectivity index (χ1v) is 9.33. The average molecular weight is 514 g/mol. The van der Waals surface area contributed by atoms with Crippen LogP contribution in [0.5, 0.6) is 0 Å². The van der Waals surface area contributed by atoms with E-state index in [4.69, 9.17) is 4.74 Å². The standard InChI is InChI=1S/C19H29F3N4O.HI/c1-3-23-19(25-16-6-8-26(9-7-16)12-18(21)22)24-11-14-4-5-17(20)15(10-14)13-27-2;/h4-5,10,16,18H,3,6-9,11-13H2,1-2H3,(H2,23,24,25);1H. The van der Waals surface area contributed by atoms with Gasteiger partial charge < -0.3 is 15.4 Å². The number of rotatable bonds is 8. The summed E-state index contributed by atoms with van der Waals surface area (Å²) in [6.07, 6.45) is -0.691. The number of nitrogens with one attached hydrogen (secondary N) is 2. The maximum Gasteiger partial charge on any atom is 0.251 e. The van der Waals surface area contributed by atoms with Crippen molar-refractivity contribution < 1.29 is 17.9 Å². The van der Waals surface area contributed by atoms with Crippen LogP contribution in [0.3, 0.4) is 0 Å². The summed E-state index contributed by atoms with van der Waals surface area (Å²) in [5.41, 5.74) is 1.40. The average Bonchev–Trinajstić information content (AvgIpc) is 2.63. The minimum absolute atomic E-state index is 0. The van der Waals surface area contributed by atoms with Crippen LogP contribution in [0.1, 0.15) is 30.9 Å². The third-order valence-corrected chi connectivity index (χ3v) is 4.50. The molecule has 0 radical (unpaired) electrons. The van der Waals surface area contributed by atoms with Crippen LogP contribution in [-0.4, -0.2) is 56.6 Å². The highest BCUT2D eigenvalue weighted by atomic mass is 127. The second-order valence-corrected chi connectivity index (χ2v) is 6.66. The fraction of sp³-hybridized carbons (Fsp3) is 0.632. The van der Waals surface area contributed by atoms with Crippen LogP contribution < -0.4 is 10.6 Å². The zero-order valence-electron chi connectivity index (χ0n) is 16.4. The highest BCUT2D eigenvalue weighted by molar-refractivity contribution is 14.0. The molecular weight excluding hydrogens is 484 g/mol. The van der Waals surface area contributed by atoms with E-state index in [2.05, 4.69) is 15.6 Å². The molecule has 5 nitrogen and oxygen atoms in total. The van der Waals surface area contributed by atoms with E-state index in [1.807, 2.05) is 6.92 Å². The van der Waals surface area contributed by atoms with Gasteiger partial charge in [-0.15, -0.1) is 24.0 Å². The van der Waals surface area contributed by atoms with Crippen LogP contribution in [0.4, 0.5) is 13.2 Å². The van der Waals surface area contributed by atoms with E-state index in [1.165, 1.54) is 13.2 Å². The lowest BCUT2D eigenvalue weighted by Crippen LogP contribution is -2.49. The Morgan fingerprint density at radius 1 is 1.32 bits per heavy atom. The molecule has 1 aromatic rings. The molecule has 0 atom stereocenters. The lowest BCUT2D eigenvalue weighted by molar-refractivity contribution is 0.0744. The molecule has 0 bridgehead atoms. The number of alkyl halides is 2. The van der Waals surface area contributed by atoms with E-state index < -0.39 is 6.43 Å². The van der Waals surface area contributed by atoms with Gasteiger partial charge >= 0.3 is 0 Å². The Morgan fingerprint density at radius 3 is 2.64 bits per heavy atom. The molecule has 0 unspecified atom stereocenters. The second kappa shape index (κ2) is 13.2. The van der Waals surface area contributed by atoms with E-state index in [0.29, 0.717) is 37.7 Å². The van der Waals surface area contributed by atoms with Gasteiger partial charge in [-0.1, -0.05) is 6.07 Å². The van der Waals surface area contributed by atoms with Crippen LogP contribution in [0.2, 0.25) is 0 Å². The molecule has 160 valence electrons. The van der Waals surface area contributed by atoms with Gasteiger partial charge in [-0.3, -0.25) is 4.90 Å². The molecule has 1 aliphatic rings. The number of guanidine groups is 1. The first kappa shape index (κ1) is 25.0. The molecule has 0 saturated carbocycles. The number of hydrogen-bond donors (Lipinski definition) is 2. The maximum atomic E-state index is 13.7. The summed E-state index contributed by atoms with van der Waals surface area (Å²) in [7, 11) is 1.53. The predicted molar refractivity (Wildman–Crippen MR) is 116 cm³/mol. The lowest BCUT2D eigenvalue weighted by Gasteiger charge is -2.32. The second-order valence-electron chi connectivity index (χ2n) is 6.66. The molecule has 28 heavy (non-hydrogen) atoms. The topological polar surface area (TPSA) is 48.9 Å². The number of nitrogens with zero attached hydrogens (tertiary/aromatic N) is 2. The fourth-order valence-electron chi connectivity index (χ4n) is 3.13. The molecule has 1 heterocycles. The fourth-order valence-corrected chi connectivity index (χ4v) is 3.13. The number of ether oxygens (including phenoxy) is 1. The van der Waals surface area contributed by atoms with Crippen molar-refractivity contribution in [3.05, 3.63) is 35.1 Å². The predicted octanol–water partition coefficient (Wildman–Crippen LogP) is 3.37. The van der Waals surface area contributed by atoms with Gasteiger partial charge in [0, 0.05) is 38.3 Å². The molecule has 2 rings (SSSR count). The van der Waals surface area contributed by atoms with E-state index in [1.54, 1.807) is 17.0 Å². The van der Waals surface area contributed by atoms with Gasteiger partial charge in [-0.05, 0) is 37.5 Å². The summed E-state index contributed by atoms with van der Waals surface area (Å²) in [6, 6.07) is 5.10. The zero-order valence-corrected chi connectivity index (χ0v) is 18.7. The summed E-state index contributed by atoms with van der Waals surface area (Å²) in [4.78, 5) is 6.37. The first-order valence-electron chi connectivity index (χ1n) is 9.33. The third kappa shape index (κ3) is 8.52. The molecule has 1 fully saturated rings. The Labute approximate surface area is 182 Å². The Bertz CT molecular complexity index is 611. The highest BCUT2D eigenvalue weighted by Crippen LogP contribution is 2.14. The normalized spacial score (nSPS) is 16.1. The lowest BCUT2D eigenvalue weighted by atomic mass is 10.1. The van der Waals surface area contributed by atoms with Gasteiger partial charge in [-0.2, -0.15) is 0 Å². The van der Waals surface area contributed by atoms with Gasteiger partial charge in [0.1, 0.15) is 5.82 Å². The van der Waals surface area contributed by atoms with Crippen LogP contribution in [0, 0.1) is 5.82 Å². The van der Waals surface area contributed by atoms with Crippen molar-refractivity contribution in [1.82, 2.24) is 15.5 Å².